The van der Waals surface area contributed by atoms with Crippen LogP contribution in [0.25, 0.3) is 27.8 Å². The van der Waals surface area contributed by atoms with Gasteiger partial charge in [0.1, 0.15) is 12.1 Å². The van der Waals surface area contributed by atoms with Crippen molar-refractivity contribution < 1.29 is 0 Å². The zero-order chi connectivity index (χ0) is 21.0. The SMILES string of the molecule is Cc1cccc(-n2cc(-c3ccccc3)c3c(NCCc4ccccc4)ncnc32)c1. The molecule has 0 atom stereocenters. The molecule has 2 aromatic heterocycles. The van der Waals surface area contributed by atoms with Crippen LogP contribution in [0.5, 0.6) is 0 Å². The molecule has 0 fully saturated rings. The van der Waals surface area contributed by atoms with Crippen LogP contribution >= 0.6 is 0 Å². The van der Waals surface area contributed by atoms with Gasteiger partial charge in [-0.3, -0.25) is 0 Å². The number of aromatic nitrogens is 3. The molecule has 152 valence electrons. The van der Waals surface area contributed by atoms with Crippen molar-refractivity contribution >= 4 is 16.9 Å². The van der Waals surface area contributed by atoms with Crippen LogP contribution in [-0.2, 0) is 6.42 Å². The summed E-state index contributed by atoms with van der Waals surface area (Å²) in [6, 6.07) is 29.4. The molecular weight excluding hydrogens is 380 g/mol. The molecule has 0 radical (unpaired) electrons. The van der Waals surface area contributed by atoms with Crippen molar-refractivity contribution in [2.75, 3.05) is 11.9 Å². The molecule has 2 heterocycles. The van der Waals surface area contributed by atoms with Gasteiger partial charge in [-0.05, 0) is 42.2 Å². The fourth-order valence-electron chi connectivity index (χ4n) is 3.98. The third-order valence-electron chi connectivity index (χ3n) is 5.50. The molecular formula is C27H24N4. The highest BCUT2D eigenvalue weighted by Gasteiger charge is 2.17. The van der Waals surface area contributed by atoms with Crippen LogP contribution in [0.1, 0.15) is 11.1 Å². The van der Waals surface area contributed by atoms with Gasteiger partial charge in [0.2, 0.25) is 0 Å². The third-order valence-corrected chi connectivity index (χ3v) is 5.50. The lowest BCUT2D eigenvalue weighted by atomic mass is 10.1. The Morgan fingerprint density at radius 2 is 1.61 bits per heavy atom. The first kappa shape index (κ1) is 19.1. The molecule has 0 aliphatic heterocycles. The smallest absolute Gasteiger partial charge is 0.150 e. The van der Waals surface area contributed by atoms with Gasteiger partial charge in [0.25, 0.3) is 0 Å². The second kappa shape index (κ2) is 8.44. The van der Waals surface area contributed by atoms with E-state index in [0.29, 0.717) is 0 Å². The average Bonchev–Trinajstić information content (AvgIpc) is 3.21. The first-order valence-corrected chi connectivity index (χ1v) is 10.6. The van der Waals surface area contributed by atoms with Gasteiger partial charge in [-0.1, -0.05) is 72.8 Å². The maximum Gasteiger partial charge on any atom is 0.150 e. The standard InChI is InChI=1S/C27H24N4/c1-20-9-8-14-23(17-20)31-18-24(22-12-6-3-7-13-22)25-26(29-19-30-27(25)31)28-16-15-21-10-4-2-5-11-21/h2-14,17-19H,15-16H2,1H3,(H,28,29,30). The van der Waals surface area contributed by atoms with Gasteiger partial charge in [-0.15, -0.1) is 0 Å². The number of nitrogens with one attached hydrogen (secondary N) is 1. The second-order valence-electron chi connectivity index (χ2n) is 7.70. The number of aryl methyl sites for hydroxylation is 1. The Hall–Kier alpha value is -3.92. The number of anilines is 1. The molecule has 4 nitrogen and oxygen atoms in total. The minimum Gasteiger partial charge on any atom is -0.369 e. The Morgan fingerprint density at radius 3 is 2.39 bits per heavy atom. The van der Waals surface area contributed by atoms with E-state index in [9.17, 15) is 0 Å². The van der Waals surface area contributed by atoms with E-state index in [-0.39, 0.29) is 0 Å². The summed E-state index contributed by atoms with van der Waals surface area (Å²) in [4.78, 5) is 9.29. The second-order valence-corrected chi connectivity index (χ2v) is 7.70. The summed E-state index contributed by atoms with van der Waals surface area (Å²) in [6.45, 7) is 2.92. The van der Waals surface area contributed by atoms with Crippen molar-refractivity contribution in [3.8, 4) is 16.8 Å². The maximum atomic E-state index is 4.67. The molecule has 4 heteroatoms. The molecule has 0 aliphatic rings. The van der Waals surface area contributed by atoms with Gasteiger partial charge < -0.3 is 9.88 Å². The molecule has 3 aromatic carbocycles. The van der Waals surface area contributed by atoms with Crippen LogP contribution in [-0.4, -0.2) is 21.1 Å². The van der Waals surface area contributed by atoms with E-state index in [0.717, 1.165) is 46.6 Å². The Morgan fingerprint density at radius 1 is 0.839 bits per heavy atom. The van der Waals surface area contributed by atoms with Crippen molar-refractivity contribution in [2.24, 2.45) is 0 Å². The first-order valence-electron chi connectivity index (χ1n) is 10.6. The van der Waals surface area contributed by atoms with E-state index < -0.39 is 0 Å². The average molecular weight is 405 g/mol. The molecule has 0 spiro atoms. The topological polar surface area (TPSA) is 42.7 Å². The normalized spacial score (nSPS) is 11.0. The minimum atomic E-state index is 0.806. The van der Waals surface area contributed by atoms with Crippen LogP contribution in [0.3, 0.4) is 0 Å². The highest BCUT2D eigenvalue weighted by molar-refractivity contribution is 6.02. The van der Waals surface area contributed by atoms with Crippen LogP contribution in [0.15, 0.2) is 97.5 Å². The zero-order valence-electron chi connectivity index (χ0n) is 17.5. The number of fused-ring (bicyclic) bond motifs is 1. The van der Waals surface area contributed by atoms with Gasteiger partial charge in [0, 0.05) is 24.0 Å². The number of hydrogen-bond donors (Lipinski definition) is 1. The molecule has 5 rings (SSSR count). The van der Waals surface area contributed by atoms with Crippen molar-refractivity contribution in [3.63, 3.8) is 0 Å². The Bertz CT molecular complexity index is 1310. The monoisotopic (exact) mass is 404 g/mol. The molecule has 0 amide bonds. The van der Waals surface area contributed by atoms with Gasteiger partial charge in [0.05, 0.1) is 5.39 Å². The lowest BCUT2D eigenvalue weighted by Crippen LogP contribution is -2.07. The minimum absolute atomic E-state index is 0.806. The van der Waals surface area contributed by atoms with Crippen LogP contribution < -0.4 is 5.32 Å². The summed E-state index contributed by atoms with van der Waals surface area (Å²) in [7, 11) is 0. The molecule has 0 unspecified atom stereocenters. The zero-order valence-corrected chi connectivity index (χ0v) is 17.5. The summed E-state index contributed by atoms with van der Waals surface area (Å²) < 4.78 is 2.16. The van der Waals surface area contributed by atoms with E-state index in [2.05, 4.69) is 106 Å². The van der Waals surface area contributed by atoms with Crippen molar-refractivity contribution in [2.45, 2.75) is 13.3 Å². The van der Waals surface area contributed by atoms with Crippen molar-refractivity contribution in [1.29, 1.82) is 0 Å². The maximum absolute atomic E-state index is 4.67. The highest BCUT2D eigenvalue weighted by Crippen LogP contribution is 2.35. The summed E-state index contributed by atoms with van der Waals surface area (Å²) in [5.41, 5.74) is 6.80. The Balaban J connectivity index is 1.59. The number of nitrogens with zero attached hydrogens (tertiary/aromatic N) is 3. The lowest BCUT2D eigenvalue weighted by Gasteiger charge is -2.09. The van der Waals surface area contributed by atoms with Gasteiger partial charge >= 0.3 is 0 Å². The predicted octanol–water partition coefficient (Wildman–Crippen LogP) is 6.05. The quantitative estimate of drug-likeness (QED) is 0.375. The number of benzene rings is 3. The van der Waals surface area contributed by atoms with Gasteiger partial charge in [0.15, 0.2) is 5.65 Å². The van der Waals surface area contributed by atoms with Crippen LogP contribution in [0.2, 0.25) is 0 Å². The summed E-state index contributed by atoms with van der Waals surface area (Å²) >= 11 is 0. The Kier molecular flexibility index (Phi) is 5.19. The van der Waals surface area contributed by atoms with E-state index in [1.807, 2.05) is 12.1 Å². The van der Waals surface area contributed by atoms with Crippen LogP contribution in [0.4, 0.5) is 5.82 Å². The molecule has 0 bridgehead atoms. The fraction of sp³-hybridized carbons (Fsp3) is 0.111. The largest absolute Gasteiger partial charge is 0.369 e. The van der Waals surface area contributed by atoms with E-state index in [1.165, 1.54) is 11.1 Å². The van der Waals surface area contributed by atoms with E-state index in [1.54, 1.807) is 6.33 Å². The summed E-state index contributed by atoms with van der Waals surface area (Å²) in [6.07, 6.45) is 4.76. The Labute approximate surface area is 182 Å². The molecule has 0 saturated carbocycles. The fourth-order valence-corrected chi connectivity index (χ4v) is 3.98. The first-order chi connectivity index (χ1) is 15.3. The summed E-state index contributed by atoms with van der Waals surface area (Å²) in [5.74, 6) is 0.867. The van der Waals surface area contributed by atoms with E-state index in [4.69, 9.17) is 0 Å². The lowest BCUT2D eigenvalue weighted by molar-refractivity contribution is 1.00. The summed E-state index contributed by atoms with van der Waals surface area (Å²) in [5, 5.41) is 4.60. The highest BCUT2D eigenvalue weighted by atomic mass is 15.1. The molecule has 31 heavy (non-hydrogen) atoms. The van der Waals surface area contributed by atoms with Crippen LogP contribution in [0, 0.1) is 6.92 Å². The van der Waals surface area contributed by atoms with E-state index >= 15 is 0 Å². The number of rotatable bonds is 6. The molecule has 0 saturated heterocycles. The molecule has 5 aromatic rings. The van der Waals surface area contributed by atoms with Gasteiger partial charge in [-0.25, -0.2) is 9.97 Å². The van der Waals surface area contributed by atoms with Crippen molar-refractivity contribution in [3.05, 3.63) is 109 Å². The molecule has 0 aliphatic carbocycles. The number of hydrogen-bond acceptors (Lipinski definition) is 3. The molecule has 1 N–H and O–H groups in total. The van der Waals surface area contributed by atoms with Gasteiger partial charge in [-0.2, -0.15) is 0 Å². The third kappa shape index (κ3) is 3.92. The predicted molar refractivity (Wildman–Crippen MR) is 128 cm³/mol. The van der Waals surface area contributed by atoms with Crippen molar-refractivity contribution in [1.82, 2.24) is 14.5 Å².